The minimum atomic E-state index is -1.17. The Bertz CT molecular complexity index is 1100. The molecule has 2 N–H and O–H groups in total. The summed E-state index contributed by atoms with van der Waals surface area (Å²) in [4.78, 5) is 52.2. The first-order chi connectivity index (χ1) is 17.4. The molecule has 3 amide bonds. The highest BCUT2D eigenvalue weighted by Gasteiger charge is 2.33. The molecule has 1 atom stereocenters. The van der Waals surface area contributed by atoms with Crippen molar-refractivity contribution >= 4 is 23.9 Å². The molecule has 190 valence electrons. The van der Waals surface area contributed by atoms with E-state index in [0.29, 0.717) is 13.1 Å². The molecule has 0 bridgehead atoms. The number of alkyl carbamates (subject to hydrolysis) is 1. The minimum Gasteiger partial charge on any atom is -0.481 e. The van der Waals surface area contributed by atoms with Gasteiger partial charge in [0.1, 0.15) is 19.2 Å². The molecular formula is C27H31N3O6. The molecule has 4 rings (SSSR count). The van der Waals surface area contributed by atoms with E-state index in [2.05, 4.69) is 5.32 Å². The summed E-state index contributed by atoms with van der Waals surface area (Å²) in [5, 5.41) is 11.7. The molecule has 2 aromatic carbocycles. The van der Waals surface area contributed by atoms with Crippen LogP contribution in [0, 0.1) is 0 Å². The largest absolute Gasteiger partial charge is 0.481 e. The number of nitrogens with one attached hydrogen (secondary N) is 1. The van der Waals surface area contributed by atoms with Crippen molar-refractivity contribution in [3.05, 3.63) is 59.7 Å². The van der Waals surface area contributed by atoms with Crippen molar-refractivity contribution in [2.24, 2.45) is 0 Å². The van der Waals surface area contributed by atoms with Crippen LogP contribution in [0.2, 0.25) is 0 Å². The first kappa shape index (κ1) is 25.2. The molecule has 0 unspecified atom stereocenters. The van der Waals surface area contributed by atoms with Gasteiger partial charge in [0, 0.05) is 26.1 Å². The average Bonchev–Trinajstić information content (AvgIpc) is 3.22. The fraction of sp³-hybridized carbons (Fsp3) is 0.407. The predicted molar refractivity (Wildman–Crippen MR) is 132 cm³/mol. The van der Waals surface area contributed by atoms with Gasteiger partial charge in [0.25, 0.3) is 0 Å². The molecule has 2 aromatic rings. The second-order valence-electron chi connectivity index (χ2n) is 9.18. The van der Waals surface area contributed by atoms with Crippen molar-refractivity contribution in [2.45, 2.75) is 37.6 Å². The van der Waals surface area contributed by atoms with Crippen molar-refractivity contribution in [2.75, 3.05) is 33.3 Å². The lowest BCUT2D eigenvalue weighted by Crippen LogP contribution is -2.53. The van der Waals surface area contributed by atoms with Crippen molar-refractivity contribution < 1.29 is 29.0 Å². The van der Waals surface area contributed by atoms with Crippen LogP contribution in [0.25, 0.3) is 11.1 Å². The molecule has 1 heterocycles. The second kappa shape index (κ2) is 11.2. The van der Waals surface area contributed by atoms with E-state index in [1.54, 1.807) is 4.90 Å². The molecule has 1 aliphatic carbocycles. The number of likely N-dealkylation sites (N-methyl/N-ethyl adjacent to an activating group) is 1. The summed E-state index contributed by atoms with van der Waals surface area (Å²) in [6.07, 6.45) is 1.48. The number of piperidine rings is 1. The van der Waals surface area contributed by atoms with Crippen LogP contribution >= 0.6 is 0 Å². The predicted octanol–water partition coefficient (Wildman–Crippen LogP) is 2.84. The Morgan fingerprint density at radius 1 is 1.00 bits per heavy atom. The number of aliphatic carboxylic acids is 1. The molecule has 1 aliphatic heterocycles. The van der Waals surface area contributed by atoms with Gasteiger partial charge in [0.15, 0.2) is 0 Å². The standard InChI is InChI=1S/C27H31N3O6/c1-29(23(15-25(32)33)26(34)30-13-7-2-8-14-30)24(31)16-28-27(35)36-17-22-20-11-5-3-9-18(20)19-10-4-6-12-21(19)22/h3-6,9-12,22-23H,2,7-8,13-17H2,1H3,(H,28,35)(H,32,33)/t23-/m0/s1. The van der Waals surface area contributed by atoms with Crippen LogP contribution in [-0.2, 0) is 19.1 Å². The van der Waals surface area contributed by atoms with Gasteiger partial charge in [-0.1, -0.05) is 48.5 Å². The zero-order valence-corrected chi connectivity index (χ0v) is 20.3. The lowest BCUT2D eigenvalue weighted by molar-refractivity contribution is -0.150. The molecule has 9 nitrogen and oxygen atoms in total. The van der Waals surface area contributed by atoms with E-state index in [1.165, 1.54) is 7.05 Å². The van der Waals surface area contributed by atoms with E-state index in [9.17, 15) is 24.3 Å². The first-order valence-corrected chi connectivity index (χ1v) is 12.2. The van der Waals surface area contributed by atoms with Gasteiger partial charge >= 0.3 is 12.1 Å². The van der Waals surface area contributed by atoms with Gasteiger partial charge in [-0.15, -0.1) is 0 Å². The lowest BCUT2D eigenvalue weighted by atomic mass is 9.98. The average molecular weight is 494 g/mol. The highest BCUT2D eigenvalue weighted by Crippen LogP contribution is 2.44. The SMILES string of the molecule is CN(C(=O)CNC(=O)OCC1c2ccccc2-c2ccccc21)[C@@H](CC(=O)O)C(=O)N1CCCCC1. The monoisotopic (exact) mass is 493 g/mol. The minimum absolute atomic E-state index is 0.108. The fourth-order valence-electron chi connectivity index (χ4n) is 4.98. The van der Waals surface area contributed by atoms with Crippen LogP contribution in [-0.4, -0.2) is 78.1 Å². The number of benzene rings is 2. The molecular weight excluding hydrogens is 462 g/mol. The number of rotatable bonds is 8. The van der Waals surface area contributed by atoms with E-state index in [-0.39, 0.29) is 18.4 Å². The van der Waals surface area contributed by atoms with Gasteiger partial charge < -0.3 is 25.0 Å². The van der Waals surface area contributed by atoms with Crippen molar-refractivity contribution in [3.63, 3.8) is 0 Å². The van der Waals surface area contributed by atoms with Crippen LogP contribution in [0.1, 0.15) is 42.7 Å². The molecule has 0 spiro atoms. The first-order valence-electron chi connectivity index (χ1n) is 12.2. The number of fused-ring (bicyclic) bond motifs is 3. The Morgan fingerprint density at radius 3 is 2.17 bits per heavy atom. The highest BCUT2D eigenvalue weighted by molar-refractivity contribution is 5.92. The maximum absolute atomic E-state index is 12.9. The molecule has 2 aliphatic rings. The number of likely N-dealkylation sites (tertiary alicyclic amines) is 1. The van der Waals surface area contributed by atoms with Gasteiger partial charge in [0.05, 0.1) is 6.42 Å². The van der Waals surface area contributed by atoms with Gasteiger partial charge in [-0.25, -0.2) is 4.79 Å². The maximum Gasteiger partial charge on any atom is 0.407 e. The Balaban J connectivity index is 1.33. The van der Waals surface area contributed by atoms with Gasteiger partial charge in [-0.3, -0.25) is 14.4 Å². The molecule has 0 saturated carbocycles. The molecule has 1 saturated heterocycles. The molecule has 0 aromatic heterocycles. The third kappa shape index (κ3) is 5.50. The maximum atomic E-state index is 12.9. The quantitative estimate of drug-likeness (QED) is 0.584. The molecule has 36 heavy (non-hydrogen) atoms. The van der Waals surface area contributed by atoms with Crippen LogP contribution in [0.3, 0.4) is 0 Å². The fourth-order valence-corrected chi connectivity index (χ4v) is 4.98. The summed E-state index contributed by atoms with van der Waals surface area (Å²) in [5.74, 6) is -2.23. The number of carboxylic acid groups (broad SMARTS) is 1. The van der Waals surface area contributed by atoms with Crippen LogP contribution in [0.5, 0.6) is 0 Å². The number of hydrogen-bond acceptors (Lipinski definition) is 5. The zero-order chi connectivity index (χ0) is 25.7. The van der Waals surface area contributed by atoms with E-state index in [1.807, 2.05) is 48.5 Å². The number of hydrogen-bond donors (Lipinski definition) is 2. The zero-order valence-electron chi connectivity index (χ0n) is 20.3. The van der Waals surface area contributed by atoms with E-state index in [0.717, 1.165) is 46.4 Å². The van der Waals surface area contributed by atoms with Crippen molar-refractivity contribution in [3.8, 4) is 11.1 Å². The Kier molecular flexibility index (Phi) is 7.87. The van der Waals surface area contributed by atoms with Crippen LogP contribution in [0.4, 0.5) is 4.79 Å². The number of carbonyl (C=O) groups excluding carboxylic acids is 3. The smallest absolute Gasteiger partial charge is 0.407 e. The van der Waals surface area contributed by atoms with E-state index >= 15 is 0 Å². The number of nitrogens with zero attached hydrogens (tertiary/aromatic N) is 2. The normalized spacial score (nSPS) is 15.4. The number of ether oxygens (including phenoxy) is 1. The Morgan fingerprint density at radius 2 is 1.58 bits per heavy atom. The third-order valence-electron chi connectivity index (χ3n) is 6.91. The Hall–Kier alpha value is -3.88. The topological polar surface area (TPSA) is 116 Å². The summed E-state index contributed by atoms with van der Waals surface area (Å²) in [7, 11) is 1.39. The lowest BCUT2D eigenvalue weighted by Gasteiger charge is -2.34. The van der Waals surface area contributed by atoms with Gasteiger partial charge in [0.2, 0.25) is 11.8 Å². The van der Waals surface area contributed by atoms with Gasteiger partial charge in [-0.05, 0) is 41.5 Å². The molecule has 0 radical (unpaired) electrons. The van der Waals surface area contributed by atoms with E-state index in [4.69, 9.17) is 4.74 Å². The number of carbonyl (C=O) groups is 4. The number of amides is 3. The summed E-state index contributed by atoms with van der Waals surface area (Å²) in [6, 6.07) is 14.8. The summed E-state index contributed by atoms with van der Waals surface area (Å²) >= 11 is 0. The van der Waals surface area contributed by atoms with Crippen LogP contribution in [0.15, 0.2) is 48.5 Å². The highest BCUT2D eigenvalue weighted by atomic mass is 16.5. The second-order valence-corrected chi connectivity index (χ2v) is 9.18. The van der Waals surface area contributed by atoms with Crippen molar-refractivity contribution in [1.82, 2.24) is 15.1 Å². The third-order valence-corrected chi connectivity index (χ3v) is 6.91. The molecule has 1 fully saturated rings. The molecule has 9 heteroatoms. The van der Waals surface area contributed by atoms with Crippen LogP contribution < -0.4 is 5.32 Å². The van der Waals surface area contributed by atoms with E-state index < -0.39 is 37.0 Å². The summed E-state index contributed by atoms with van der Waals surface area (Å²) < 4.78 is 5.45. The summed E-state index contributed by atoms with van der Waals surface area (Å²) in [5.41, 5.74) is 4.38. The van der Waals surface area contributed by atoms with Crippen molar-refractivity contribution in [1.29, 1.82) is 0 Å². The Labute approximate surface area is 210 Å². The summed E-state index contributed by atoms with van der Waals surface area (Å²) in [6.45, 7) is 0.805. The van der Waals surface area contributed by atoms with Gasteiger partial charge in [-0.2, -0.15) is 0 Å². The number of carboxylic acids is 1.